The summed E-state index contributed by atoms with van der Waals surface area (Å²) in [5, 5.41) is 22.6. The Morgan fingerprint density at radius 3 is 2.33 bits per heavy atom. The molecule has 4 unspecified atom stereocenters. The lowest BCUT2D eigenvalue weighted by Crippen LogP contribution is -2.68. The van der Waals surface area contributed by atoms with Crippen LogP contribution in [0.4, 0.5) is 0 Å². The van der Waals surface area contributed by atoms with Gasteiger partial charge in [0.2, 0.25) is 6.79 Å². The van der Waals surface area contributed by atoms with E-state index in [-0.39, 0.29) is 48.4 Å². The zero-order valence-electron chi connectivity index (χ0n) is 27.5. The first-order valence-electron chi connectivity index (χ1n) is 15.9. The van der Waals surface area contributed by atoms with Crippen molar-refractivity contribution in [1.29, 1.82) is 5.26 Å². The third kappa shape index (κ3) is 4.38. The van der Waals surface area contributed by atoms with Crippen LogP contribution in [0.3, 0.4) is 0 Å². The lowest BCUT2D eigenvalue weighted by atomic mass is 9.71. The summed E-state index contributed by atoms with van der Waals surface area (Å²) in [5.74, 6) is 0.143. The van der Waals surface area contributed by atoms with Gasteiger partial charge in [-0.1, -0.05) is 18.2 Å². The van der Waals surface area contributed by atoms with Crippen LogP contribution >= 0.6 is 0 Å². The van der Waals surface area contributed by atoms with Crippen molar-refractivity contribution in [3.05, 3.63) is 74.8 Å². The molecule has 5 aliphatic heterocycles. The SMILES string of the molecule is COc1c(C)cc2c(c1O)C1C3Cc4c(OS(C)(=O)=O)c(C)c5c(c4[C@H](CN4C(=O)c6ccccc6C4=O)N3C(C#N)C(C2)N1C)OCO5. The number of aromatic hydroxyl groups is 1. The third-order valence-corrected chi connectivity index (χ3v) is 11.2. The van der Waals surface area contributed by atoms with E-state index in [0.29, 0.717) is 45.9 Å². The summed E-state index contributed by atoms with van der Waals surface area (Å²) in [6.07, 6.45) is 1.59. The highest BCUT2D eigenvalue weighted by molar-refractivity contribution is 7.86. The molecule has 13 nitrogen and oxygen atoms in total. The second-order valence-electron chi connectivity index (χ2n) is 13.3. The summed E-state index contributed by atoms with van der Waals surface area (Å²) in [4.78, 5) is 32.9. The molecule has 0 radical (unpaired) electrons. The number of imide groups is 1. The van der Waals surface area contributed by atoms with E-state index in [0.717, 1.165) is 17.4 Å². The number of hydrogen-bond donors (Lipinski definition) is 1. The van der Waals surface area contributed by atoms with E-state index in [4.69, 9.17) is 18.4 Å². The monoisotopic (exact) mass is 686 g/mol. The van der Waals surface area contributed by atoms with Crippen molar-refractivity contribution in [3.63, 3.8) is 0 Å². The Kier molecular flexibility index (Phi) is 6.95. The van der Waals surface area contributed by atoms with Crippen molar-refractivity contribution < 1.29 is 41.5 Å². The summed E-state index contributed by atoms with van der Waals surface area (Å²) >= 11 is 0. The van der Waals surface area contributed by atoms with Crippen LogP contribution in [-0.2, 0) is 23.0 Å². The molecule has 0 aromatic heterocycles. The van der Waals surface area contributed by atoms with Gasteiger partial charge >= 0.3 is 10.1 Å². The number of benzene rings is 3. The summed E-state index contributed by atoms with van der Waals surface area (Å²) in [7, 11) is -0.620. The quantitative estimate of drug-likeness (QED) is 0.309. The molecule has 1 saturated heterocycles. The van der Waals surface area contributed by atoms with Crippen LogP contribution < -0.4 is 18.4 Å². The van der Waals surface area contributed by atoms with E-state index in [1.165, 1.54) is 12.0 Å². The van der Waals surface area contributed by atoms with Gasteiger partial charge in [0.25, 0.3) is 11.8 Å². The van der Waals surface area contributed by atoms with E-state index in [1.54, 1.807) is 31.2 Å². The molecule has 1 fully saturated rings. The van der Waals surface area contributed by atoms with Crippen molar-refractivity contribution >= 4 is 21.9 Å². The predicted octanol–water partition coefficient (Wildman–Crippen LogP) is 3.15. The summed E-state index contributed by atoms with van der Waals surface area (Å²) in [5.41, 5.74) is 4.29. The Morgan fingerprint density at radius 1 is 1.02 bits per heavy atom. The van der Waals surface area contributed by atoms with Crippen LogP contribution in [0.25, 0.3) is 0 Å². The van der Waals surface area contributed by atoms with E-state index < -0.39 is 46.1 Å². The molecule has 2 bridgehead atoms. The molecule has 1 N–H and O–H groups in total. The number of ether oxygens (including phenoxy) is 3. The number of fused-ring (bicyclic) bond motifs is 10. The van der Waals surface area contributed by atoms with Crippen molar-refractivity contribution in [2.24, 2.45) is 0 Å². The summed E-state index contributed by atoms with van der Waals surface area (Å²) in [6, 6.07) is 8.16. The number of amides is 2. The van der Waals surface area contributed by atoms with Crippen LogP contribution in [-0.4, -0.2) is 91.9 Å². The number of rotatable bonds is 5. The number of aryl methyl sites for hydroxylation is 1. The number of methoxy groups -OCH3 is 1. The van der Waals surface area contributed by atoms with Crippen molar-refractivity contribution in [1.82, 2.24) is 14.7 Å². The number of likely N-dealkylation sites (N-methyl/N-ethyl adjacent to an activating group) is 1. The summed E-state index contributed by atoms with van der Waals surface area (Å²) in [6.45, 7) is 3.25. The van der Waals surface area contributed by atoms with Gasteiger partial charge in [-0.15, -0.1) is 0 Å². The van der Waals surface area contributed by atoms with Gasteiger partial charge in [-0.3, -0.25) is 24.3 Å². The third-order valence-electron chi connectivity index (χ3n) is 10.7. The van der Waals surface area contributed by atoms with Gasteiger partial charge in [0.15, 0.2) is 28.7 Å². The summed E-state index contributed by atoms with van der Waals surface area (Å²) < 4.78 is 48.7. The first-order chi connectivity index (χ1) is 23.4. The maximum atomic E-state index is 13.8. The molecule has 8 rings (SSSR count). The number of phenolic OH excluding ortho intramolecular Hbond substituents is 1. The fourth-order valence-corrected chi connectivity index (χ4v) is 9.38. The van der Waals surface area contributed by atoms with Gasteiger partial charge in [-0.25, -0.2) is 0 Å². The van der Waals surface area contributed by atoms with Crippen molar-refractivity contribution in [2.75, 3.05) is 33.8 Å². The minimum absolute atomic E-state index is 0.000305. The predicted molar refractivity (Wildman–Crippen MR) is 173 cm³/mol. The molecule has 2 amide bonds. The Balaban J connectivity index is 1.39. The second kappa shape index (κ2) is 10.8. The molecule has 0 aliphatic carbocycles. The van der Waals surface area contributed by atoms with Gasteiger partial charge in [0.05, 0.1) is 42.6 Å². The molecule has 14 heteroatoms. The normalized spacial score (nSPS) is 25.3. The Morgan fingerprint density at radius 2 is 1.69 bits per heavy atom. The maximum Gasteiger partial charge on any atom is 0.306 e. The van der Waals surface area contributed by atoms with Crippen LogP contribution in [0, 0.1) is 25.2 Å². The average molecular weight is 687 g/mol. The highest BCUT2D eigenvalue weighted by atomic mass is 32.2. The fraction of sp³-hybridized carbons (Fsp3) is 0.400. The number of carbonyl (C=O) groups is 2. The molecule has 5 heterocycles. The second-order valence-corrected chi connectivity index (χ2v) is 14.9. The van der Waals surface area contributed by atoms with Gasteiger partial charge in [-0.05, 0) is 57.0 Å². The largest absolute Gasteiger partial charge is 0.504 e. The van der Waals surface area contributed by atoms with Crippen LogP contribution in [0.15, 0.2) is 30.3 Å². The van der Waals surface area contributed by atoms with E-state index in [2.05, 4.69) is 11.0 Å². The topological polar surface area (TPSA) is 159 Å². The molecular formula is C35H34N4O9S. The number of phenols is 1. The maximum absolute atomic E-state index is 13.8. The first kappa shape index (κ1) is 31.4. The zero-order valence-corrected chi connectivity index (χ0v) is 28.3. The van der Waals surface area contributed by atoms with E-state index in [9.17, 15) is 28.4 Å². The lowest BCUT2D eigenvalue weighted by Gasteiger charge is -2.60. The minimum Gasteiger partial charge on any atom is -0.504 e. The molecule has 49 heavy (non-hydrogen) atoms. The first-order valence-corrected chi connectivity index (χ1v) is 17.8. The van der Waals surface area contributed by atoms with Crippen LogP contribution in [0.1, 0.15) is 66.2 Å². The molecule has 254 valence electrons. The molecule has 0 spiro atoms. The molecule has 5 atom stereocenters. The molecule has 3 aromatic rings. The zero-order chi connectivity index (χ0) is 34.7. The fourth-order valence-electron chi connectivity index (χ4n) is 8.85. The highest BCUT2D eigenvalue weighted by Gasteiger charge is 2.57. The average Bonchev–Trinajstić information content (AvgIpc) is 3.63. The smallest absolute Gasteiger partial charge is 0.306 e. The molecular weight excluding hydrogens is 652 g/mol. The minimum atomic E-state index is -4.03. The number of nitrogens with zero attached hydrogens (tertiary/aromatic N) is 4. The van der Waals surface area contributed by atoms with Gasteiger partial charge in [0, 0.05) is 40.9 Å². The lowest BCUT2D eigenvalue weighted by molar-refractivity contribution is -0.0757. The number of nitriles is 1. The Labute approximate surface area is 283 Å². The standard InChI is InChI=1S/C35H34N4O9S/c1-16-10-18-11-22-24(13-36)39-23(28(37(22)3)26(18)29(40)30(16)45-4)12-21-27(33-32(46-15-47-33)17(2)31(21)48-49(5,43)44)25(39)14-38-34(41)19-8-6-7-9-20(19)35(38)42/h6-10,22-25,28,40H,11-12,14-15H2,1-5H3/t22?,23?,24?,25-,28?/m0/s1. The number of hydrogen-bond acceptors (Lipinski definition) is 12. The molecule has 0 saturated carbocycles. The van der Waals surface area contributed by atoms with Gasteiger partial charge in [-0.2, -0.15) is 13.7 Å². The Bertz CT molecular complexity index is 2110. The number of piperazine rings is 1. The van der Waals surface area contributed by atoms with E-state index >= 15 is 0 Å². The van der Waals surface area contributed by atoms with Gasteiger partial charge < -0.3 is 23.5 Å². The Hall–Kier alpha value is -4.84. The van der Waals surface area contributed by atoms with E-state index in [1.807, 2.05) is 24.9 Å². The van der Waals surface area contributed by atoms with Crippen LogP contribution in [0.5, 0.6) is 28.7 Å². The molecule has 3 aromatic carbocycles. The number of carbonyl (C=O) groups excluding carboxylic acids is 2. The van der Waals surface area contributed by atoms with Crippen LogP contribution in [0.2, 0.25) is 0 Å². The van der Waals surface area contributed by atoms with Crippen molar-refractivity contribution in [2.45, 2.75) is 56.9 Å². The van der Waals surface area contributed by atoms with Crippen molar-refractivity contribution in [3.8, 4) is 34.8 Å². The highest BCUT2D eigenvalue weighted by Crippen LogP contribution is 2.58. The van der Waals surface area contributed by atoms with Gasteiger partial charge in [0.1, 0.15) is 6.04 Å². The molecule has 5 aliphatic rings.